The monoisotopic (exact) mass is 398 g/mol. The Morgan fingerprint density at radius 2 is 1.84 bits per heavy atom. The number of carbonyl (C=O) groups is 1. The van der Waals surface area contributed by atoms with Gasteiger partial charge in [0.2, 0.25) is 5.91 Å². The number of rotatable bonds is 5. The number of hydrogen-bond acceptors (Lipinski definition) is 1. The molecule has 0 aliphatic rings. The lowest BCUT2D eigenvalue weighted by molar-refractivity contribution is -0.120. The third-order valence-electron chi connectivity index (χ3n) is 4.70. The zero-order chi connectivity index (χ0) is 18.0. The minimum atomic E-state index is 0.0663. The number of nitrogens with one attached hydrogen (secondary N) is 2. The van der Waals surface area contributed by atoms with E-state index in [0.29, 0.717) is 13.0 Å². The molecule has 130 valence electrons. The normalized spacial score (nSPS) is 11.0. The Morgan fingerprint density at radius 3 is 2.56 bits per heavy atom. The lowest BCUT2D eigenvalue weighted by atomic mass is 10.00. The molecule has 3 rings (SSSR count). The summed E-state index contributed by atoms with van der Waals surface area (Å²) in [4.78, 5) is 15.6. The molecular formula is C21H23BrN2O. The van der Waals surface area contributed by atoms with Crippen molar-refractivity contribution < 1.29 is 4.79 Å². The lowest BCUT2D eigenvalue weighted by Gasteiger charge is -2.11. The molecule has 0 aliphatic heterocycles. The van der Waals surface area contributed by atoms with Crippen molar-refractivity contribution in [2.24, 2.45) is 0 Å². The molecule has 2 N–H and O–H groups in total. The first kappa shape index (κ1) is 17.7. The predicted molar refractivity (Wildman–Crippen MR) is 107 cm³/mol. The Kier molecular flexibility index (Phi) is 5.28. The van der Waals surface area contributed by atoms with E-state index < -0.39 is 0 Å². The minimum absolute atomic E-state index is 0.0663. The van der Waals surface area contributed by atoms with E-state index in [4.69, 9.17) is 0 Å². The van der Waals surface area contributed by atoms with Crippen LogP contribution in [0.5, 0.6) is 0 Å². The number of aryl methyl sites for hydroxylation is 3. The number of amides is 1. The van der Waals surface area contributed by atoms with Crippen molar-refractivity contribution in [1.82, 2.24) is 10.3 Å². The van der Waals surface area contributed by atoms with Gasteiger partial charge < -0.3 is 10.3 Å². The quantitative estimate of drug-likeness (QED) is 0.639. The molecule has 0 saturated heterocycles. The number of halogens is 1. The van der Waals surface area contributed by atoms with Gasteiger partial charge in [-0.2, -0.15) is 0 Å². The zero-order valence-corrected chi connectivity index (χ0v) is 16.5. The number of H-pyrrole nitrogens is 1. The van der Waals surface area contributed by atoms with Crippen molar-refractivity contribution in [2.75, 3.05) is 6.54 Å². The molecule has 2 aromatic carbocycles. The van der Waals surface area contributed by atoms with E-state index in [1.807, 2.05) is 18.3 Å². The highest BCUT2D eigenvalue weighted by Crippen LogP contribution is 2.23. The summed E-state index contributed by atoms with van der Waals surface area (Å²) >= 11 is 3.52. The van der Waals surface area contributed by atoms with E-state index in [0.717, 1.165) is 27.4 Å². The first-order chi connectivity index (χ1) is 12.0. The summed E-state index contributed by atoms with van der Waals surface area (Å²) in [5.74, 6) is 0.0663. The molecule has 0 saturated carbocycles. The molecule has 25 heavy (non-hydrogen) atoms. The van der Waals surface area contributed by atoms with Crippen LogP contribution in [0.4, 0.5) is 0 Å². The van der Waals surface area contributed by atoms with E-state index in [9.17, 15) is 4.79 Å². The minimum Gasteiger partial charge on any atom is -0.361 e. The van der Waals surface area contributed by atoms with E-state index in [-0.39, 0.29) is 5.91 Å². The molecular weight excluding hydrogens is 376 g/mol. The molecule has 3 aromatic rings. The van der Waals surface area contributed by atoms with Crippen LogP contribution in [-0.4, -0.2) is 17.4 Å². The molecule has 0 fully saturated rings. The molecule has 0 atom stereocenters. The highest BCUT2D eigenvalue weighted by molar-refractivity contribution is 9.10. The summed E-state index contributed by atoms with van der Waals surface area (Å²) in [5, 5.41) is 4.22. The Morgan fingerprint density at radius 1 is 1.12 bits per heavy atom. The molecule has 0 radical (unpaired) electrons. The van der Waals surface area contributed by atoms with Gasteiger partial charge in [-0.25, -0.2) is 0 Å². The Labute approximate surface area is 157 Å². The smallest absolute Gasteiger partial charge is 0.224 e. The molecule has 4 heteroatoms. The molecule has 3 nitrogen and oxygen atoms in total. The zero-order valence-electron chi connectivity index (χ0n) is 14.9. The van der Waals surface area contributed by atoms with Gasteiger partial charge in [-0.1, -0.05) is 28.1 Å². The first-order valence-electron chi connectivity index (χ1n) is 8.53. The molecule has 0 bridgehead atoms. The molecule has 0 unspecified atom stereocenters. The summed E-state index contributed by atoms with van der Waals surface area (Å²) < 4.78 is 1.10. The van der Waals surface area contributed by atoms with Crippen LogP contribution in [0.2, 0.25) is 0 Å². The highest BCUT2D eigenvalue weighted by atomic mass is 79.9. The van der Waals surface area contributed by atoms with Crippen LogP contribution in [0.3, 0.4) is 0 Å². The van der Waals surface area contributed by atoms with Gasteiger partial charge in [-0.3, -0.25) is 4.79 Å². The van der Waals surface area contributed by atoms with Crippen LogP contribution in [0, 0.1) is 20.8 Å². The van der Waals surface area contributed by atoms with Crippen LogP contribution in [0.1, 0.15) is 27.8 Å². The van der Waals surface area contributed by atoms with Crippen LogP contribution in [0.15, 0.2) is 41.0 Å². The third kappa shape index (κ3) is 3.96. The van der Waals surface area contributed by atoms with Crippen molar-refractivity contribution in [3.63, 3.8) is 0 Å². The Balaban J connectivity index is 1.62. The SMILES string of the molecule is Cc1cc(Br)cc(C)c1CCNC(=O)Cc1c[nH]c2cccc(C)c12. The van der Waals surface area contributed by atoms with E-state index in [1.165, 1.54) is 22.3 Å². The highest BCUT2D eigenvalue weighted by Gasteiger charge is 2.11. The van der Waals surface area contributed by atoms with Crippen molar-refractivity contribution in [3.8, 4) is 0 Å². The average Bonchev–Trinajstić information content (AvgIpc) is 2.94. The van der Waals surface area contributed by atoms with Crippen molar-refractivity contribution >= 4 is 32.7 Å². The number of fused-ring (bicyclic) bond motifs is 1. The molecule has 0 aliphatic carbocycles. The van der Waals surface area contributed by atoms with Crippen LogP contribution in [-0.2, 0) is 17.6 Å². The number of aromatic amines is 1. The third-order valence-corrected chi connectivity index (χ3v) is 5.16. The van der Waals surface area contributed by atoms with Gasteiger partial charge in [0.25, 0.3) is 0 Å². The second-order valence-corrected chi connectivity index (χ2v) is 7.52. The standard InChI is InChI=1S/C21H23BrN2O/c1-13-5-4-6-19-21(13)16(12-24-19)11-20(25)23-8-7-18-14(2)9-17(22)10-15(18)3/h4-6,9-10,12,24H,7-8,11H2,1-3H3,(H,23,25). The largest absolute Gasteiger partial charge is 0.361 e. The fourth-order valence-electron chi connectivity index (χ4n) is 3.49. The Hall–Kier alpha value is -2.07. The number of carbonyl (C=O) groups excluding carboxylic acids is 1. The van der Waals surface area contributed by atoms with Crippen molar-refractivity contribution in [3.05, 3.63) is 68.8 Å². The summed E-state index contributed by atoms with van der Waals surface area (Å²) in [6.45, 7) is 6.97. The molecule has 1 heterocycles. The second kappa shape index (κ2) is 7.44. The van der Waals surface area contributed by atoms with Gasteiger partial charge in [0.1, 0.15) is 0 Å². The van der Waals surface area contributed by atoms with Gasteiger partial charge in [-0.05, 0) is 73.2 Å². The Bertz CT molecular complexity index is 904. The van der Waals surface area contributed by atoms with Gasteiger partial charge in [-0.15, -0.1) is 0 Å². The molecule has 1 amide bonds. The van der Waals surface area contributed by atoms with E-state index in [2.05, 4.69) is 65.2 Å². The predicted octanol–water partition coefficient (Wildman–Crippen LogP) is 4.76. The van der Waals surface area contributed by atoms with E-state index in [1.54, 1.807) is 0 Å². The van der Waals surface area contributed by atoms with Crippen LogP contribution in [0.25, 0.3) is 10.9 Å². The summed E-state index contributed by atoms with van der Waals surface area (Å²) in [7, 11) is 0. The summed E-state index contributed by atoms with van der Waals surface area (Å²) in [6.07, 6.45) is 3.20. The molecule has 1 aromatic heterocycles. The summed E-state index contributed by atoms with van der Waals surface area (Å²) in [5.41, 5.74) is 7.17. The maximum Gasteiger partial charge on any atom is 0.224 e. The van der Waals surface area contributed by atoms with Crippen molar-refractivity contribution in [1.29, 1.82) is 0 Å². The van der Waals surface area contributed by atoms with Crippen LogP contribution >= 0.6 is 15.9 Å². The van der Waals surface area contributed by atoms with E-state index >= 15 is 0 Å². The van der Waals surface area contributed by atoms with Gasteiger partial charge >= 0.3 is 0 Å². The van der Waals surface area contributed by atoms with Gasteiger partial charge in [0.05, 0.1) is 6.42 Å². The van der Waals surface area contributed by atoms with Gasteiger partial charge in [0, 0.05) is 28.1 Å². The fraction of sp³-hybridized carbons (Fsp3) is 0.286. The summed E-state index contributed by atoms with van der Waals surface area (Å²) in [6, 6.07) is 10.4. The maximum absolute atomic E-state index is 12.3. The topological polar surface area (TPSA) is 44.9 Å². The van der Waals surface area contributed by atoms with Crippen molar-refractivity contribution in [2.45, 2.75) is 33.6 Å². The maximum atomic E-state index is 12.3. The van der Waals surface area contributed by atoms with Crippen LogP contribution < -0.4 is 5.32 Å². The number of aromatic nitrogens is 1. The number of hydrogen-bond donors (Lipinski definition) is 2. The second-order valence-electron chi connectivity index (χ2n) is 6.61. The number of benzene rings is 2. The fourth-order valence-corrected chi connectivity index (χ4v) is 4.17. The average molecular weight is 399 g/mol. The first-order valence-corrected chi connectivity index (χ1v) is 9.33. The molecule has 0 spiro atoms. The lowest BCUT2D eigenvalue weighted by Crippen LogP contribution is -2.27. The van der Waals surface area contributed by atoms with Gasteiger partial charge in [0.15, 0.2) is 0 Å².